The maximum Gasteiger partial charge on any atom is 0.226 e. The third-order valence-electron chi connectivity index (χ3n) is 2.00. The number of nitrogens with zero attached hydrogens (tertiary/aromatic N) is 2. The molecule has 3 nitrogen and oxygen atoms in total. The van der Waals surface area contributed by atoms with E-state index in [-0.39, 0.29) is 5.91 Å². The Morgan fingerprint density at radius 3 is 2.64 bits per heavy atom. The SMILES string of the molecule is Cc1nc(Br)ccc1CC(=O)N(C)C. The average Bonchev–Trinajstić information content (AvgIpc) is 2.09. The van der Waals surface area contributed by atoms with Crippen molar-refractivity contribution < 1.29 is 4.79 Å². The first-order chi connectivity index (χ1) is 6.50. The molecule has 1 heterocycles. The molecule has 0 N–H and O–H groups in total. The highest BCUT2D eigenvalue weighted by Gasteiger charge is 2.08. The number of hydrogen-bond donors (Lipinski definition) is 0. The molecule has 1 aromatic heterocycles. The van der Waals surface area contributed by atoms with Gasteiger partial charge < -0.3 is 4.90 Å². The zero-order chi connectivity index (χ0) is 10.7. The van der Waals surface area contributed by atoms with Crippen LogP contribution in [0.1, 0.15) is 11.3 Å². The van der Waals surface area contributed by atoms with Crippen molar-refractivity contribution in [3.8, 4) is 0 Å². The van der Waals surface area contributed by atoms with E-state index in [4.69, 9.17) is 0 Å². The summed E-state index contributed by atoms with van der Waals surface area (Å²) >= 11 is 3.28. The second-order valence-corrected chi connectivity index (χ2v) is 4.16. The Morgan fingerprint density at radius 2 is 2.14 bits per heavy atom. The van der Waals surface area contributed by atoms with Crippen molar-refractivity contribution in [3.05, 3.63) is 28.0 Å². The molecule has 0 saturated carbocycles. The zero-order valence-electron chi connectivity index (χ0n) is 8.54. The van der Waals surface area contributed by atoms with Crippen LogP contribution in [0.2, 0.25) is 0 Å². The van der Waals surface area contributed by atoms with Crippen LogP contribution >= 0.6 is 15.9 Å². The van der Waals surface area contributed by atoms with Gasteiger partial charge in [0.25, 0.3) is 0 Å². The fraction of sp³-hybridized carbons (Fsp3) is 0.400. The maximum absolute atomic E-state index is 11.4. The van der Waals surface area contributed by atoms with Gasteiger partial charge >= 0.3 is 0 Å². The number of amides is 1. The molecule has 0 aliphatic rings. The Labute approximate surface area is 92.3 Å². The van der Waals surface area contributed by atoms with Crippen molar-refractivity contribution >= 4 is 21.8 Å². The topological polar surface area (TPSA) is 33.2 Å². The highest BCUT2D eigenvalue weighted by atomic mass is 79.9. The Morgan fingerprint density at radius 1 is 1.50 bits per heavy atom. The molecule has 1 amide bonds. The van der Waals surface area contributed by atoms with Crippen LogP contribution in [0.25, 0.3) is 0 Å². The van der Waals surface area contributed by atoms with E-state index in [1.165, 1.54) is 0 Å². The van der Waals surface area contributed by atoms with Gasteiger partial charge in [-0.3, -0.25) is 4.79 Å². The van der Waals surface area contributed by atoms with Crippen LogP contribution in [-0.4, -0.2) is 29.9 Å². The van der Waals surface area contributed by atoms with Gasteiger partial charge in [0.15, 0.2) is 0 Å². The molecule has 0 aromatic carbocycles. The minimum absolute atomic E-state index is 0.0947. The summed E-state index contributed by atoms with van der Waals surface area (Å²) in [5.74, 6) is 0.0947. The van der Waals surface area contributed by atoms with E-state index >= 15 is 0 Å². The van der Waals surface area contributed by atoms with Gasteiger partial charge in [-0.2, -0.15) is 0 Å². The largest absolute Gasteiger partial charge is 0.349 e. The summed E-state index contributed by atoms with van der Waals surface area (Å²) in [6, 6.07) is 3.78. The number of carbonyl (C=O) groups excluding carboxylic acids is 1. The molecule has 1 aromatic rings. The first-order valence-electron chi connectivity index (χ1n) is 4.33. The smallest absolute Gasteiger partial charge is 0.226 e. The molecule has 76 valence electrons. The van der Waals surface area contributed by atoms with E-state index in [0.717, 1.165) is 15.9 Å². The highest BCUT2D eigenvalue weighted by Crippen LogP contribution is 2.12. The quantitative estimate of drug-likeness (QED) is 0.757. The standard InChI is InChI=1S/C10H13BrN2O/c1-7-8(4-5-9(11)12-7)6-10(14)13(2)3/h4-5H,6H2,1-3H3. The molecule has 0 bridgehead atoms. The van der Waals surface area contributed by atoms with Crippen molar-refractivity contribution in [2.45, 2.75) is 13.3 Å². The summed E-state index contributed by atoms with van der Waals surface area (Å²) in [5.41, 5.74) is 1.88. The molecule has 0 unspecified atom stereocenters. The van der Waals surface area contributed by atoms with Crippen LogP contribution in [0.4, 0.5) is 0 Å². The van der Waals surface area contributed by atoms with Crippen LogP contribution in [0, 0.1) is 6.92 Å². The lowest BCUT2D eigenvalue weighted by Gasteiger charge is -2.11. The van der Waals surface area contributed by atoms with Crippen molar-refractivity contribution in [1.29, 1.82) is 0 Å². The lowest BCUT2D eigenvalue weighted by molar-refractivity contribution is -0.127. The summed E-state index contributed by atoms with van der Waals surface area (Å²) in [4.78, 5) is 17.3. The summed E-state index contributed by atoms with van der Waals surface area (Å²) in [5, 5.41) is 0. The molecular formula is C10H13BrN2O. The van der Waals surface area contributed by atoms with Gasteiger partial charge in [-0.1, -0.05) is 6.07 Å². The third-order valence-corrected chi connectivity index (χ3v) is 2.44. The number of hydrogen-bond acceptors (Lipinski definition) is 2. The molecule has 0 radical (unpaired) electrons. The van der Waals surface area contributed by atoms with E-state index in [2.05, 4.69) is 20.9 Å². The van der Waals surface area contributed by atoms with Crippen molar-refractivity contribution in [2.24, 2.45) is 0 Å². The molecule has 4 heteroatoms. The second kappa shape index (κ2) is 4.55. The van der Waals surface area contributed by atoms with Gasteiger partial charge in [-0.15, -0.1) is 0 Å². The molecule has 0 fully saturated rings. The van der Waals surface area contributed by atoms with Gasteiger partial charge in [0, 0.05) is 19.8 Å². The summed E-state index contributed by atoms with van der Waals surface area (Å²) < 4.78 is 0.802. The number of halogens is 1. The second-order valence-electron chi connectivity index (χ2n) is 3.34. The minimum atomic E-state index is 0.0947. The molecule has 0 aliphatic carbocycles. The summed E-state index contributed by atoms with van der Waals surface area (Å²) in [7, 11) is 3.51. The molecular weight excluding hydrogens is 244 g/mol. The predicted molar refractivity (Wildman–Crippen MR) is 59.1 cm³/mol. The molecule has 0 saturated heterocycles. The van der Waals surface area contributed by atoms with E-state index in [0.29, 0.717) is 6.42 Å². The Kier molecular flexibility index (Phi) is 3.63. The van der Waals surface area contributed by atoms with Crippen LogP contribution in [0.15, 0.2) is 16.7 Å². The van der Waals surface area contributed by atoms with E-state index in [1.807, 2.05) is 19.1 Å². The normalized spacial score (nSPS) is 10.0. The molecule has 0 spiro atoms. The minimum Gasteiger partial charge on any atom is -0.349 e. The van der Waals surface area contributed by atoms with Crippen molar-refractivity contribution in [3.63, 3.8) is 0 Å². The number of aryl methyl sites for hydroxylation is 1. The third kappa shape index (κ3) is 2.80. The lowest BCUT2D eigenvalue weighted by atomic mass is 10.1. The lowest BCUT2D eigenvalue weighted by Crippen LogP contribution is -2.23. The fourth-order valence-electron chi connectivity index (χ4n) is 1.07. The van der Waals surface area contributed by atoms with E-state index in [1.54, 1.807) is 19.0 Å². The Balaban J connectivity index is 2.82. The Hall–Kier alpha value is -0.900. The van der Waals surface area contributed by atoms with Gasteiger partial charge in [-0.25, -0.2) is 4.98 Å². The summed E-state index contributed by atoms with van der Waals surface area (Å²) in [6.07, 6.45) is 0.416. The monoisotopic (exact) mass is 256 g/mol. The van der Waals surface area contributed by atoms with Crippen LogP contribution in [0.3, 0.4) is 0 Å². The first kappa shape index (κ1) is 11.2. The van der Waals surface area contributed by atoms with Gasteiger partial charge in [0.05, 0.1) is 6.42 Å². The number of aromatic nitrogens is 1. The van der Waals surface area contributed by atoms with Crippen LogP contribution in [0.5, 0.6) is 0 Å². The fourth-order valence-corrected chi connectivity index (χ4v) is 1.47. The highest BCUT2D eigenvalue weighted by molar-refractivity contribution is 9.10. The molecule has 14 heavy (non-hydrogen) atoms. The van der Waals surface area contributed by atoms with Gasteiger partial charge in [0.2, 0.25) is 5.91 Å². The van der Waals surface area contributed by atoms with E-state index < -0.39 is 0 Å². The molecule has 1 rings (SSSR count). The zero-order valence-corrected chi connectivity index (χ0v) is 10.1. The number of carbonyl (C=O) groups is 1. The van der Waals surface area contributed by atoms with Crippen LogP contribution < -0.4 is 0 Å². The molecule has 0 atom stereocenters. The summed E-state index contributed by atoms with van der Waals surface area (Å²) in [6.45, 7) is 1.91. The van der Waals surface area contributed by atoms with Gasteiger partial charge in [0.1, 0.15) is 4.60 Å². The van der Waals surface area contributed by atoms with Gasteiger partial charge in [-0.05, 0) is 34.5 Å². The maximum atomic E-state index is 11.4. The average molecular weight is 257 g/mol. The first-order valence-corrected chi connectivity index (χ1v) is 5.12. The number of rotatable bonds is 2. The Bertz CT molecular complexity index is 350. The number of pyridine rings is 1. The van der Waals surface area contributed by atoms with E-state index in [9.17, 15) is 4.79 Å². The van der Waals surface area contributed by atoms with Crippen molar-refractivity contribution in [2.75, 3.05) is 14.1 Å². The van der Waals surface area contributed by atoms with Crippen LogP contribution in [-0.2, 0) is 11.2 Å². The molecule has 0 aliphatic heterocycles. The predicted octanol–water partition coefficient (Wildman–Crippen LogP) is 1.78. The van der Waals surface area contributed by atoms with Crippen molar-refractivity contribution in [1.82, 2.24) is 9.88 Å². The number of likely N-dealkylation sites (N-methyl/N-ethyl adjacent to an activating group) is 1.